The molecule has 139 valence electrons. The fourth-order valence-corrected chi connectivity index (χ4v) is 3.33. The molecular formula is C22H19N4O2. The number of aromatic nitrogens is 2. The number of aromatic hydroxyl groups is 1. The van der Waals surface area contributed by atoms with Gasteiger partial charge in [-0.05, 0) is 47.7 Å². The highest BCUT2D eigenvalue weighted by Gasteiger charge is 2.13. The molecule has 0 fully saturated rings. The van der Waals surface area contributed by atoms with Crippen molar-refractivity contribution in [3.8, 4) is 16.9 Å². The van der Waals surface area contributed by atoms with Crippen molar-refractivity contribution in [2.24, 2.45) is 5.73 Å². The van der Waals surface area contributed by atoms with E-state index in [1.54, 1.807) is 12.1 Å². The highest BCUT2D eigenvalue weighted by Crippen LogP contribution is 2.35. The lowest BCUT2D eigenvalue weighted by Gasteiger charge is -2.11. The fraction of sp³-hybridized carbons (Fsp3) is 0.0455. The third kappa shape index (κ3) is 3.16. The number of amides is 1. The molecule has 6 nitrogen and oxygen atoms in total. The van der Waals surface area contributed by atoms with Crippen molar-refractivity contribution in [2.75, 3.05) is 5.73 Å². The monoisotopic (exact) mass is 371 g/mol. The summed E-state index contributed by atoms with van der Waals surface area (Å²) in [5.74, 6) is 0.154. The summed E-state index contributed by atoms with van der Waals surface area (Å²) >= 11 is 0. The van der Waals surface area contributed by atoms with Crippen LogP contribution in [0, 0.1) is 6.42 Å². The Balaban J connectivity index is 1.64. The first kappa shape index (κ1) is 17.6. The molecule has 0 aliphatic heterocycles. The largest absolute Gasteiger partial charge is 0.507 e. The maximum atomic E-state index is 11.6. The van der Waals surface area contributed by atoms with Gasteiger partial charge in [-0.1, -0.05) is 42.5 Å². The molecule has 1 heterocycles. The molecule has 28 heavy (non-hydrogen) atoms. The molecule has 0 saturated carbocycles. The molecule has 1 radical (unpaired) electrons. The summed E-state index contributed by atoms with van der Waals surface area (Å²) in [5, 5.41) is 18.5. The number of primary amides is 1. The highest BCUT2D eigenvalue weighted by atomic mass is 16.3. The Bertz CT molecular complexity index is 1180. The summed E-state index contributed by atoms with van der Waals surface area (Å²) < 4.78 is 0. The van der Waals surface area contributed by atoms with Crippen LogP contribution in [0.5, 0.6) is 5.75 Å². The van der Waals surface area contributed by atoms with E-state index in [9.17, 15) is 9.90 Å². The van der Waals surface area contributed by atoms with Gasteiger partial charge in [0.1, 0.15) is 5.75 Å². The molecule has 0 unspecified atom stereocenters. The number of fused-ring (bicyclic) bond motifs is 1. The molecular weight excluding hydrogens is 352 g/mol. The normalized spacial score (nSPS) is 11.0. The van der Waals surface area contributed by atoms with Gasteiger partial charge in [-0.2, -0.15) is 5.10 Å². The van der Waals surface area contributed by atoms with Crippen LogP contribution in [0.1, 0.15) is 21.5 Å². The van der Waals surface area contributed by atoms with Crippen LogP contribution in [-0.4, -0.2) is 21.2 Å². The van der Waals surface area contributed by atoms with Gasteiger partial charge in [0.25, 0.3) is 0 Å². The van der Waals surface area contributed by atoms with E-state index in [0.29, 0.717) is 28.9 Å². The number of para-hydroxylation sites is 1. The number of carbonyl (C=O) groups is 1. The number of anilines is 1. The predicted molar refractivity (Wildman–Crippen MR) is 110 cm³/mol. The molecule has 0 aliphatic carbocycles. The quantitative estimate of drug-likeness (QED) is 0.430. The molecule has 0 atom stereocenters. The van der Waals surface area contributed by atoms with E-state index < -0.39 is 5.91 Å². The minimum Gasteiger partial charge on any atom is -0.507 e. The van der Waals surface area contributed by atoms with Crippen LogP contribution >= 0.6 is 0 Å². The molecule has 0 aliphatic rings. The topological polar surface area (TPSA) is 118 Å². The number of aromatic amines is 1. The van der Waals surface area contributed by atoms with E-state index in [-0.39, 0.29) is 5.75 Å². The summed E-state index contributed by atoms with van der Waals surface area (Å²) in [6.45, 7) is 0. The predicted octanol–water partition coefficient (Wildman–Crippen LogP) is 3.41. The van der Waals surface area contributed by atoms with Crippen molar-refractivity contribution in [3.63, 3.8) is 0 Å². The number of nitrogens with one attached hydrogen (secondary N) is 1. The van der Waals surface area contributed by atoms with Crippen molar-refractivity contribution in [2.45, 2.75) is 6.42 Å². The second-order valence-corrected chi connectivity index (χ2v) is 6.54. The molecule has 1 aromatic heterocycles. The zero-order chi connectivity index (χ0) is 19.7. The summed E-state index contributed by atoms with van der Waals surface area (Å²) in [6, 6.07) is 18.4. The van der Waals surface area contributed by atoms with Crippen molar-refractivity contribution in [1.82, 2.24) is 10.2 Å². The van der Waals surface area contributed by atoms with Gasteiger partial charge in [0, 0.05) is 16.5 Å². The molecule has 0 bridgehead atoms. The molecule has 0 saturated heterocycles. The number of nitrogens with zero attached hydrogens (tertiary/aromatic N) is 1. The second kappa shape index (κ2) is 7.08. The first-order valence-electron chi connectivity index (χ1n) is 8.81. The van der Waals surface area contributed by atoms with Gasteiger partial charge < -0.3 is 16.6 Å². The zero-order valence-corrected chi connectivity index (χ0v) is 15.0. The summed E-state index contributed by atoms with van der Waals surface area (Å²) in [5.41, 5.74) is 15.6. The number of hydrogen-bond donors (Lipinski definition) is 4. The number of H-pyrrole nitrogens is 1. The van der Waals surface area contributed by atoms with Gasteiger partial charge in [-0.3, -0.25) is 9.89 Å². The molecule has 0 spiro atoms. The van der Waals surface area contributed by atoms with Crippen molar-refractivity contribution in [3.05, 3.63) is 83.8 Å². The van der Waals surface area contributed by atoms with Gasteiger partial charge >= 0.3 is 0 Å². The van der Waals surface area contributed by atoms with E-state index in [2.05, 4.69) is 10.2 Å². The van der Waals surface area contributed by atoms with Gasteiger partial charge in [0.05, 0.1) is 5.52 Å². The number of nitrogens with two attached hydrogens (primary N) is 2. The number of phenolic OH excluding ortho intramolecular Hbond substituents is 1. The van der Waals surface area contributed by atoms with Crippen LogP contribution in [0.2, 0.25) is 0 Å². The maximum absolute atomic E-state index is 11.6. The Labute approximate surface area is 161 Å². The number of hydrogen-bond acceptors (Lipinski definition) is 4. The lowest BCUT2D eigenvalue weighted by Crippen LogP contribution is -2.13. The summed E-state index contributed by atoms with van der Waals surface area (Å²) in [6.07, 6.45) is 2.36. The number of nitrogen functional groups attached to an aromatic ring is 1. The second-order valence-electron chi connectivity index (χ2n) is 6.54. The third-order valence-electron chi connectivity index (χ3n) is 4.80. The smallest absolute Gasteiger partial charge is 0.248 e. The van der Waals surface area contributed by atoms with Crippen LogP contribution in [0.15, 0.2) is 60.7 Å². The van der Waals surface area contributed by atoms with Gasteiger partial charge in [0.15, 0.2) is 5.82 Å². The van der Waals surface area contributed by atoms with Gasteiger partial charge in [-0.15, -0.1) is 0 Å². The lowest BCUT2D eigenvalue weighted by molar-refractivity contribution is 0.0999. The Hall–Kier alpha value is -3.80. The molecule has 4 aromatic rings. The van der Waals surface area contributed by atoms with Gasteiger partial charge in [0.2, 0.25) is 5.91 Å². The third-order valence-corrected chi connectivity index (χ3v) is 4.80. The number of phenols is 1. The van der Waals surface area contributed by atoms with E-state index in [1.807, 2.05) is 55.0 Å². The molecule has 3 aromatic carbocycles. The summed E-state index contributed by atoms with van der Waals surface area (Å²) in [4.78, 5) is 11.6. The average molecular weight is 371 g/mol. The molecule has 6 heteroatoms. The van der Waals surface area contributed by atoms with Gasteiger partial charge in [-0.25, -0.2) is 0 Å². The van der Waals surface area contributed by atoms with Crippen molar-refractivity contribution >= 4 is 22.6 Å². The minimum atomic E-state index is -0.464. The number of rotatable bonds is 5. The van der Waals surface area contributed by atoms with E-state index in [1.165, 1.54) is 0 Å². The van der Waals surface area contributed by atoms with Crippen LogP contribution < -0.4 is 11.5 Å². The maximum Gasteiger partial charge on any atom is 0.248 e. The number of carbonyl (C=O) groups excluding carboxylic acids is 1. The van der Waals surface area contributed by atoms with E-state index in [4.69, 9.17) is 11.5 Å². The SMILES string of the molecule is NC(=O)c1ccccc1C[CH]c1cccc(-c2ccc3c(N)n[nH]c3c2)c1O. The lowest BCUT2D eigenvalue weighted by atomic mass is 9.95. The van der Waals surface area contributed by atoms with Crippen LogP contribution in [0.3, 0.4) is 0 Å². The van der Waals surface area contributed by atoms with Crippen molar-refractivity contribution < 1.29 is 9.90 Å². The molecule has 4 rings (SSSR count). The Morgan fingerprint density at radius 2 is 1.93 bits per heavy atom. The average Bonchev–Trinajstić information content (AvgIpc) is 3.07. The van der Waals surface area contributed by atoms with Crippen molar-refractivity contribution in [1.29, 1.82) is 0 Å². The highest BCUT2D eigenvalue weighted by molar-refractivity contribution is 5.94. The minimum absolute atomic E-state index is 0.172. The standard InChI is InChI=1S/C22H19N4O2/c23-21-18-11-10-15(12-19(18)25-26-21)16-7-3-5-14(20(16)27)9-8-13-4-1-2-6-17(13)22(24)28/h1-7,9-12,27H,8H2,(H2,24,28)(H3,23,25,26). The van der Waals surface area contributed by atoms with Crippen LogP contribution in [0.25, 0.3) is 22.0 Å². The van der Waals surface area contributed by atoms with E-state index >= 15 is 0 Å². The Morgan fingerprint density at radius 3 is 2.75 bits per heavy atom. The fourth-order valence-electron chi connectivity index (χ4n) is 3.33. The first-order chi connectivity index (χ1) is 13.5. The Kier molecular flexibility index (Phi) is 4.45. The number of benzene rings is 3. The van der Waals surface area contributed by atoms with E-state index in [0.717, 1.165) is 22.0 Å². The Morgan fingerprint density at radius 1 is 1.11 bits per heavy atom. The van der Waals surface area contributed by atoms with Crippen LogP contribution in [-0.2, 0) is 6.42 Å². The molecule has 6 N–H and O–H groups in total. The first-order valence-corrected chi connectivity index (χ1v) is 8.81. The van der Waals surface area contributed by atoms with Crippen LogP contribution in [0.4, 0.5) is 5.82 Å². The molecule has 1 amide bonds. The summed E-state index contributed by atoms with van der Waals surface area (Å²) in [7, 11) is 0. The zero-order valence-electron chi connectivity index (χ0n) is 15.0.